The summed E-state index contributed by atoms with van der Waals surface area (Å²) in [6.07, 6.45) is 1.92. The van der Waals surface area contributed by atoms with Crippen LogP contribution in [0.1, 0.15) is 28.3 Å². The molecule has 4 aromatic rings. The molecule has 200 valence electrons. The number of rotatable bonds is 7. The molecule has 0 N–H and O–H groups in total. The number of aliphatic imine (C=N–C) groups is 1. The van der Waals surface area contributed by atoms with Gasteiger partial charge in [-0.05, 0) is 52.2 Å². The zero-order chi connectivity index (χ0) is 27.1. The van der Waals surface area contributed by atoms with Crippen molar-refractivity contribution in [2.75, 3.05) is 26.2 Å². The molecule has 2 aliphatic heterocycles. The minimum absolute atomic E-state index is 0.168. The first-order valence-corrected chi connectivity index (χ1v) is 14.4. The van der Waals surface area contributed by atoms with Gasteiger partial charge in [0.05, 0.1) is 10.9 Å². The van der Waals surface area contributed by atoms with E-state index in [1.807, 2.05) is 60.7 Å². The molecular formula is C34H31N3O2S. The summed E-state index contributed by atoms with van der Waals surface area (Å²) in [5.74, 6) is 0.633. The maximum absolute atomic E-state index is 12.8. The van der Waals surface area contributed by atoms with Crippen molar-refractivity contribution in [1.29, 1.82) is 0 Å². The Labute approximate surface area is 239 Å². The van der Waals surface area contributed by atoms with E-state index in [-0.39, 0.29) is 11.9 Å². The highest BCUT2D eigenvalue weighted by molar-refractivity contribution is 8.18. The van der Waals surface area contributed by atoms with Crippen LogP contribution in [0.15, 0.2) is 125 Å². The average molecular weight is 546 g/mol. The lowest BCUT2D eigenvalue weighted by molar-refractivity contribution is -0.113. The molecule has 1 saturated heterocycles. The lowest BCUT2D eigenvalue weighted by Gasteiger charge is -2.40. The van der Waals surface area contributed by atoms with Crippen LogP contribution in [-0.2, 0) is 11.4 Å². The third-order valence-electron chi connectivity index (χ3n) is 7.22. The second kappa shape index (κ2) is 12.4. The molecule has 0 aromatic heterocycles. The number of carbonyl (C=O) groups excluding carboxylic acids is 1. The predicted octanol–water partition coefficient (Wildman–Crippen LogP) is 6.64. The number of piperazine rings is 1. The number of benzene rings is 4. The second-order valence-electron chi connectivity index (χ2n) is 9.90. The lowest BCUT2D eigenvalue weighted by Crippen LogP contribution is -2.49. The molecule has 0 radical (unpaired) electrons. The van der Waals surface area contributed by atoms with E-state index >= 15 is 0 Å². The number of amidine groups is 1. The Bertz CT molecular complexity index is 1440. The van der Waals surface area contributed by atoms with Crippen LogP contribution in [0.4, 0.5) is 0 Å². The third kappa shape index (κ3) is 6.19. The summed E-state index contributed by atoms with van der Waals surface area (Å²) in [7, 11) is 0. The van der Waals surface area contributed by atoms with E-state index < -0.39 is 0 Å². The second-order valence-corrected chi connectivity index (χ2v) is 10.9. The van der Waals surface area contributed by atoms with Gasteiger partial charge >= 0.3 is 0 Å². The van der Waals surface area contributed by atoms with Gasteiger partial charge in [0.15, 0.2) is 5.17 Å². The maximum Gasteiger partial charge on any atom is 0.286 e. The van der Waals surface area contributed by atoms with Gasteiger partial charge in [-0.3, -0.25) is 9.69 Å². The molecule has 0 unspecified atom stereocenters. The van der Waals surface area contributed by atoms with E-state index in [0.29, 0.717) is 11.5 Å². The molecule has 0 spiro atoms. The zero-order valence-electron chi connectivity index (χ0n) is 22.2. The highest BCUT2D eigenvalue weighted by Gasteiger charge is 2.31. The minimum Gasteiger partial charge on any atom is -0.489 e. The Morgan fingerprint density at radius 3 is 1.93 bits per heavy atom. The fraction of sp³-hybridized carbons (Fsp3) is 0.176. The van der Waals surface area contributed by atoms with Crippen molar-refractivity contribution in [2.24, 2.45) is 4.99 Å². The number of hydrogen-bond acceptors (Lipinski definition) is 5. The quantitative estimate of drug-likeness (QED) is 0.244. The van der Waals surface area contributed by atoms with Gasteiger partial charge in [-0.1, -0.05) is 103 Å². The first-order chi connectivity index (χ1) is 19.7. The molecular weight excluding hydrogens is 514 g/mol. The standard InChI is InChI=1S/C34H31N3O2S/c38-33-31(24-26-16-18-30(19-17-26)39-25-27-10-4-1-5-11-27)40-34(35-33)37-22-20-36(21-23-37)32(28-12-6-2-7-13-28)29-14-8-3-9-15-29/h1-19,24,32H,20-23,25H2/b31-24-. The Hall–Kier alpha value is -4.13. The highest BCUT2D eigenvalue weighted by Crippen LogP contribution is 2.33. The van der Waals surface area contributed by atoms with Crippen LogP contribution in [0.2, 0.25) is 0 Å². The Kier molecular flexibility index (Phi) is 8.07. The normalized spacial score (nSPS) is 16.9. The van der Waals surface area contributed by atoms with Gasteiger partial charge in [0.2, 0.25) is 0 Å². The van der Waals surface area contributed by atoms with Crippen LogP contribution in [0.3, 0.4) is 0 Å². The molecule has 4 aromatic carbocycles. The molecule has 1 amide bonds. The van der Waals surface area contributed by atoms with Gasteiger partial charge in [-0.15, -0.1) is 0 Å². The molecule has 6 heteroatoms. The van der Waals surface area contributed by atoms with Gasteiger partial charge in [0, 0.05) is 26.2 Å². The first kappa shape index (κ1) is 26.1. The monoisotopic (exact) mass is 545 g/mol. The molecule has 6 rings (SSSR count). The van der Waals surface area contributed by atoms with Gasteiger partial charge in [0.25, 0.3) is 5.91 Å². The molecule has 0 saturated carbocycles. The zero-order valence-corrected chi connectivity index (χ0v) is 23.0. The summed E-state index contributed by atoms with van der Waals surface area (Å²) < 4.78 is 5.89. The number of nitrogens with zero attached hydrogens (tertiary/aromatic N) is 3. The molecule has 0 aliphatic carbocycles. The van der Waals surface area contributed by atoms with E-state index in [2.05, 4.69) is 75.5 Å². The predicted molar refractivity (Wildman–Crippen MR) is 163 cm³/mol. The summed E-state index contributed by atoms with van der Waals surface area (Å²) in [4.78, 5) is 22.6. The topological polar surface area (TPSA) is 45.1 Å². The maximum atomic E-state index is 12.8. The fourth-order valence-electron chi connectivity index (χ4n) is 5.14. The van der Waals surface area contributed by atoms with Crippen molar-refractivity contribution in [3.63, 3.8) is 0 Å². The number of thioether (sulfide) groups is 1. The van der Waals surface area contributed by atoms with Crippen molar-refractivity contribution >= 4 is 28.9 Å². The summed E-state index contributed by atoms with van der Waals surface area (Å²) >= 11 is 1.47. The largest absolute Gasteiger partial charge is 0.489 e. The molecule has 2 heterocycles. The summed E-state index contributed by atoms with van der Waals surface area (Å²) in [5, 5.41) is 0.801. The number of carbonyl (C=O) groups is 1. The van der Waals surface area contributed by atoms with Gasteiger partial charge in [-0.25, -0.2) is 0 Å². The summed E-state index contributed by atoms with van der Waals surface area (Å²) in [6.45, 7) is 3.97. The van der Waals surface area contributed by atoms with Crippen LogP contribution < -0.4 is 4.74 Å². The SMILES string of the molecule is O=C1N=C(N2CCN(C(c3ccccc3)c3ccccc3)CC2)S/C1=C\c1ccc(OCc2ccccc2)cc1. The van der Waals surface area contributed by atoms with E-state index in [9.17, 15) is 4.79 Å². The van der Waals surface area contributed by atoms with E-state index in [1.165, 1.54) is 22.9 Å². The molecule has 40 heavy (non-hydrogen) atoms. The van der Waals surface area contributed by atoms with Crippen LogP contribution in [0.25, 0.3) is 6.08 Å². The fourth-order valence-corrected chi connectivity index (χ4v) is 6.11. The van der Waals surface area contributed by atoms with Gasteiger partial charge < -0.3 is 9.64 Å². The Morgan fingerprint density at radius 1 is 0.750 bits per heavy atom. The van der Waals surface area contributed by atoms with Crippen LogP contribution in [0.5, 0.6) is 5.75 Å². The molecule has 1 fully saturated rings. The number of amides is 1. The van der Waals surface area contributed by atoms with E-state index in [1.54, 1.807) is 0 Å². The van der Waals surface area contributed by atoms with Crippen molar-refractivity contribution in [2.45, 2.75) is 12.6 Å². The molecule has 0 atom stereocenters. The van der Waals surface area contributed by atoms with E-state index in [4.69, 9.17) is 4.74 Å². The summed E-state index contributed by atoms with van der Waals surface area (Å²) in [5.41, 5.74) is 4.68. The molecule has 2 aliphatic rings. The minimum atomic E-state index is -0.168. The average Bonchev–Trinajstić information content (AvgIpc) is 3.38. The van der Waals surface area contributed by atoms with Crippen LogP contribution >= 0.6 is 11.8 Å². The Balaban J connectivity index is 1.07. The first-order valence-electron chi connectivity index (χ1n) is 13.6. The Morgan fingerprint density at radius 2 is 1.32 bits per heavy atom. The molecule has 0 bridgehead atoms. The number of ether oxygens (including phenoxy) is 1. The lowest BCUT2D eigenvalue weighted by atomic mass is 9.96. The third-order valence-corrected chi connectivity index (χ3v) is 8.26. The van der Waals surface area contributed by atoms with Crippen LogP contribution in [-0.4, -0.2) is 47.1 Å². The highest BCUT2D eigenvalue weighted by atomic mass is 32.2. The smallest absolute Gasteiger partial charge is 0.286 e. The van der Waals surface area contributed by atoms with E-state index in [0.717, 1.165) is 48.2 Å². The molecule has 5 nitrogen and oxygen atoms in total. The van der Waals surface area contributed by atoms with Crippen molar-refractivity contribution in [3.8, 4) is 5.75 Å². The van der Waals surface area contributed by atoms with Crippen LogP contribution in [0, 0.1) is 0 Å². The van der Waals surface area contributed by atoms with Crippen molar-refractivity contribution in [3.05, 3.63) is 142 Å². The number of hydrogen-bond donors (Lipinski definition) is 0. The summed E-state index contributed by atoms with van der Waals surface area (Å²) in [6, 6.07) is 39.5. The van der Waals surface area contributed by atoms with Crippen molar-refractivity contribution < 1.29 is 9.53 Å². The van der Waals surface area contributed by atoms with Crippen molar-refractivity contribution in [1.82, 2.24) is 9.80 Å². The van der Waals surface area contributed by atoms with Gasteiger partial charge in [0.1, 0.15) is 12.4 Å². The van der Waals surface area contributed by atoms with Gasteiger partial charge in [-0.2, -0.15) is 4.99 Å².